The maximum atomic E-state index is 11.3. The maximum absolute atomic E-state index is 11.3. The zero-order chi connectivity index (χ0) is 16.6. The number of carbonyl (C=O) groups is 1. The molecule has 0 unspecified atom stereocenters. The van der Waals surface area contributed by atoms with Gasteiger partial charge in [-0.05, 0) is 76.9 Å². The second-order valence-electron chi connectivity index (χ2n) is 6.60. The van der Waals surface area contributed by atoms with Crippen molar-refractivity contribution in [2.24, 2.45) is 0 Å². The lowest BCUT2D eigenvalue weighted by Crippen LogP contribution is -1.91. The van der Waals surface area contributed by atoms with Crippen molar-refractivity contribution in [3.05, 3.63) is 76.4 Å². The Bertz CT molecular complexity index is 813. The van der Waals surface area contributed by atoms with Crippen LogP contribution in [-0.4, -0.2) is 5.78 Å². The van der Waals surface area contributed by atoms with Gasteiger partial charge in [0.2, 0.25) is 0 Å². The molecule has 0 atom stereocenters. The van der Waals surface area contributed by atoms with E-state index in [0.29, 0.717) is 5.92 Å². The number of ketones is 1. The summed E-state index contributed by atoms with van der Waals surface area (Å²) in [6.45, 7) is 8.80. The van der Waals surface area contributed by atoms with E-state index in [4.69, 9.17) is 0 Å². The number of allylic oxidation sites excluding steroid dienone is 5. The molecule has 3 aliphatic carbocycles. The summed E-state index contributed by atoms with van der Waals surface area (Å²) in [5.74, 6) is 0.561. The average Bonchev–Trinajstić information content (AvgIpc) is 2.69. The molecule has 0 spiro atoms. The second kappa shape index (κ2) is 6.00. The quantitative estimate of drug-likeness (QED) is 0.704. The first-order valence-corrected chi connectivity index (χ1v) is 8.11. The number of fused-ring (bicyclic) bond motifs is 1. The van der Waals surface area contributed by atoms with Crippen LogP contribution in [0.4, 0.5) is 0 Å². The number of rotatable bonds is 2. The van der Waals surface area contributed by atoms with Crippen LogP contribution in [0.2, 0.25) is 0 Å². The van der Waals surface area contributed by atoms with Gasteiger partial charge >= 0.3 is 0 Å². The van der Waals surface area contributed by atoms with E-state index in [2.05, 4.69) is 58.0 Å². The molecule has 116 valence electrons. The third-order valence-corrected chi connectivity index (χ3v) is 4.45. The molecule has 0 aromatic heterocycles. The molecule has 0 heterocycles. The van der Waals surface area contributed by atoms with Gasteiger partial charge in [-0.2, -0.15) is 0 Å². The van der Waals surface area contributed by atoms with Gasteiger partial charge in [-0.3, -0.25) is 4.79 Å². The van der Waals surface area contributed by atoms with Gasteiger partial charge in [-0.25, -0.2) is 0 Å². The molecule has 1 heteroatoms. The lowest BCUT2D eigenvalue weighted by molar-refractivity contribution is -0.110. The SMILES string of the molecule is Cc1cc(C=C2C=CC(=O)C=C2)c2c(C)ccc(C(C)C)cc1-2. The maximum Gasteiger partial charge on any atom is 0.178 e. The van der Waals surface area contributed by atoms with Gasteiger partial charge in [-0.15, -0.1) is 0 Å². The lowest BCUT2D eigenvalue weighted by atomic mass is 9.99. The van der Waals surface area contributed by atoms with E-state index in [1.165, 1.54) is 33.4 Å². The van der Waals surface area contributed by atoms with Gasteiger partial charge in [-0.1, -0.05) is 50.3 Å². The smallest absolute Gasteiger partial charge is 0.178 e. The average molecular weight is 302 g/mol. The van der Waals surface area contributed by atoms with Gasteiger partial charge in [0.25, 0.3) is 0 Å². The lowest BCUT2D eigenvalue weighted by Gasteiger charge is -2.05. The summed E-state index contributed by atoms with van der Waals surface area (Å²) in [6, 6.07) is 9.01. The molecule has 0 aromatic rings. The Labute approximate surface area is 138 Å². The first kappa shape index (κ1) is 15.5. The Morgan fingerprint density at radius 2 is 1.61 bits per heavy atom. The van der Waals surface area contributed by atoms with Crippen LogP contribution in [-0.2, 0) is 4.79 Å². The van der Waals surface area contributed by atoms with Crippen molar-refractivity contribution < 1.29 is 4.79 Å². The Morgan fingerprint density at radius 1 is 0.913 bits per heavy atom. The van der Waals surface area contributed by atoms with E-state index in [1.807, 2.05) is 12.2 Å². The highest BCUT2D eigenvalue weighted by Gasteiger charge is 2.15. The second-order valence-corrected chi connectivity index (χ2v) is 6.60. The molecule has 0 N–H and O–H groups in total. The fourth-order valence-corrected chi connectivity index (χ4v) is 3.10. The molecule has 0 aliphatic heterocycles. The summed E-state index contributed by atoms with van der Waals surface area (Å²) >= 11 is 0. The number of hydrogen-bond donors (Lipinski definition) is 0. The largest absolute Gasteiger partial charge is 0.290 e. The molecule has 0 aromatic carbocycles. The standard InChI is InChI=1S/C22H22O/c1-14(2)18-8-5-15(3)22-19(11-16(4)21(22)13-18)12-17-6-9-20(23)10-7-17/h5-14H,1-4H3. The van der Waals surface area contributed by atoms with Crippen LogP contribution in [0.25, 0.3) is 17.2 Å². The highest BCUT2D eigenvalue weighted by atomic mass is 16.1. The summed E-state index contributed by atoms with van der Waals surface area (Å²) in [7, 11) is 0. The minimum Gasteiger partial charge on any atom is -0.290 e. The zero-order valence-electron chi connectivity index (χ0n) is 14.2. The molecule has 0 fully saturated rings. The van der Waals surface area contributed by atoms with E-state index < -0.39 is 0 Å². The first-order chi connectivity index (χ1) is 11.0. The van der Waals surface area contributed by atoms with Crippen molar-refractivity contribution in [2.75, 3.05) is 0 Å². The highest BCUT2D eigenvalue weighted by molar-refractivity contribution is 6.02. The van der Waals surface area contributed by atoms with Crippen LogP contribution in [0.15, 0.2) is 54.1 Å². The van der Waals surface area contributed by atoms with Gasteiger partial charge in [0.1, 0.15) is 0 Å². The highest BCUT2D eigenvalue weighted by Crippen LogP contribution is 2.37. The molecule has 3 aliphatic rings. The third kappa shape index (κ3) is 3.05. The first-order valence-electron chi connectivity index (χ1n) is 8.11. The molecule has 1 nitrogen and oxygen atoms in total. The summed E-state index contributed by atoms with van der Waals surface area (Å²) < 4.78 is 0. The van der Waals surface area contributed by atoms with Crippen LogP contribution in [0.1, 0.15) is 42.0 Å². The Kier molecular flexibility index (Phi) is 4.04. The summed E-state index contributed by atoms with van der Waals surface area (Å²) in [5.41, 5.74) is 8.85. The van der Waals surface area contributed by atoms with Crippen molar-refractivity contribution in [2.45, 2.75) is 33.6 Å². The Balaban J connectivity index is 2.15. The minimum absolute atomic E-state index is 0.0508. The van der Waals surface area contributed by atoms with E-state index in [-0.39, 0.29) is 5.78 Å². The van der Waals surface area contributed by atoms with Crippen LogP contribution in [0.5, 0.6) is 0 Å². The van der Waals surface area contributed by atoms with Crippen molar-refractivity contribution in [3.63, 3.8) is 0 Å². The fraction of sp³-hybridized carbons (Fsp3) is 0.227. The van der Waals surface area contributed by atoms with Gasteiger partial charge in [0.15, 0.2) is 5.78 Å². The number of carbonyl (C=O) groups excluding carboxylic acids is 1. The zero-order valence-corrected chi connectivity index (χ0v) is 14.2. The molecule has 23 heavy (non-hydrogen) atoms. The summed E-state index contributed by atoms with van der Waals surface area (Å²) in [6.07, 6.45) is 9.17. The van der Waals surface area contributed by atoms with Crippen molar-refractivity contribution in [3.8, 4) is 11.1 Å². The van der Waals surface area contributed by atoms with E-state index in [1.54, 1.807) is 12.2 Å². The molecule has 0 bridgehead atoms. The van der Waals surface area contributed by atoms with Crippen LogP contribution in [0, 0.1) is 13.8 Å². The van der Waals surface area contributed by atoms with Crippen LogP contribution in [0.3, 0.4) is 0 Å². The summed E-state index contributed by atoms with van der Waals surface area (Å²) in [5, 5.41) is 0. The van der Waals surface area contributed by atoms with Crippen LogP contribution < -0.4 is 0 Å². The van der Waals surface area contributed by atoms with Gasteiger partial charge < -0.3 is 0 Å². The van der Waals surface area contributed by atoms with Gasteiger partial charge in [0, 0.05) is 0 Å². The Hall–Kier alpha value is -2.41. The number of aryl methyl sites for hydroxylation is 2. The molecule has 0 radical (unpaired) electrons. The third-order valence-electron chi connectivity index (χ3n) is 4.45. The molecule has 0 saturated heterocycles. The number of hydrogen-bond acceptors (Lipinski definition) is 1. The Morgan fingerprint density at radius 3 is 2.26 bits per heavy atom. The summed E-state index contributed by atoms with van der Waals surface area (Å²) in [4.78, 5) is 11.3. The minimum atomic E-state index is 0.0508. The molecule has 3 rings (SSSR count). The fourth-order valence-electron chi connectivity index (χ4n) is 3.10. The topological polar surface area (TPSA) is 17.1 Å². The predicted molar refractivity (Wildman–Crippen MR) is 97.9 cm³/mol. The normalized spacial score (nSPS) is 14.1. The van der Waals surface area contributed by atoms with Crippen molar-refractivity contribution >= 4 is 11.9 Å². The predicted octanol–water partition coefficient (Wildman–Crippen LogP) is 5.61. The van der Waals surface area contributed by atoms with E-state index in [0.717, 1.165) is 5.57 Å². The monoisotopic (exact) mass is 302 g/mol. The van der Waals surface area contributed by atoms with Crippen molar-refractivity contribution in [1.29, 1.82) is 0 Å². The van der Waals surface area contributed by atoms with Crippen LogP contribution >= 0.6 is 0 Å². The molecular weight excluding hydrogens is 280 g/mol. The molecule has 0 amide bonds. The molecule has 0 saturated carbocycles. The van der Waals surface area contributed by atoms with E-state index >= 15 is 0 Å². The molecular formula is C22H22O. The van der Waals surface area contributed by atoms with Gasteiger partial charge in [0.05, 0.1) is 0 Å². The van der Waals surface area contributed by atoms with Crippen molar-refractivity contribution in [1.82, 2.24) is 0 Å². The van der Waals surface area contributed by atoms with E-state index in [9.17, 15) is 4.79 Å².